The van der Waals surface area contributed by atoms with E-state index in [0.29, 0.717) is 0 Å². The van der Waals surface area contributed by atoms with E-state index in [9.17, 15) is 0 Å². The van der Waals surface area contributed by atoms with E-state index in [0.717, 1.165) is 0 Å². The Hall–Kier alpha value is 1.67. The molecule has 0 spiro atoms. The zero-order valence-electron chi connectivity index (χ0n) is 2.44. The first-order valence-corrected chi connectivity index (χ1v) is 0.775. The van der Waals surface area contributed by atoms with E-state index in [1.54, 1.807) is 0 Å². The molecule has 0 saturated carbocycles. The standard InChI is InChI=1S/Al.Ga.In.2H3N.N.6H/h;;;2*1H3;;;;;;;. The molecule has 0 saturated heterocycles. The summed E-state index contributed by atoms with van der Waals surface area (Å²) >= 11 is 1.42. The summed E-state index contributed by atoms with van der Waals surface area (Å²) in [6.07, 6.45) is 0. The van der Waals surface area contributed by atoms with Crippen molar-refractivity contribution in [2.24, 2.45) is 0 Å². The third-order valence-electron chi connectivity index (χ3n) is 0. The molecule has 0 amide bonds. The van der Waals surface area contributed by atoms with Crippen LogP contribution < -0.4 is 12.3 Å². The van der Waals surface area contributed by atoms with Crippen LogP contribution in [0.25, 0.3) is 0 Å². The molecule has 36 valence electrons. The molecule has 0 aliphatic carbocycles. The van der Waals surface area contributed by atoms with Gasteiger partial charge in [0.2, 0.25) is 0 Å². The monoisotopic (exact) mass is 265 g/mol. The van der Waals surface area contributed by atoms with Crippen LogP contribution in [-0.4, -0.2) is 61.6 Å². The fourth-order valence-corrected chi connectivity index (χ4v) is 0. The second-order valence-electron chi connectivity index (χ2n) is 0. The first-order chi connectivity index (χ1) is 1.00. The Balaban J connectivity index is -0.000000000833. The van der Waals surface area contributed by atoms with Crippen molar-refractivity contribution < 1.29 is 0 Å². The minimum absolute atomic E-state index is 0. The van der Waals surface area contributed by atoms with Gasteiger partial charge >= 0.3 is 65.7 Å². The molecular weight excluding hydrogens is 254 g/mol. The van der Waals surface area contributed by atoms with Gasteiger partial charge in [-0.05, 0) is 0 Å². The number of hydrogen-bond acceptors (Lipinski definition) is 3. The summed E-state index contributed by atoms with van der Waals surface area (Å²) in [5, 5.41) is 0. The van der Waals surface area contributed by atoms with E-state index in [1.165, 1.54) is 15.9 Å². The number of hydrogen-bond donors (Lipinski definition) is 2. The number of rotatable bonds is 0. The molecule has 0 aliphatic rings. The van der Waals surface area contributed by atoms with Crippen molar-refractivity contribution >= 4 is 61.6 Å². The van der Waals surface area contributed by atoms with Gasteiger partial charge in [-0.3, -0.25) is 0 Å². The third-order valence-corrected chi connectivity index (χ3v) is 0. The summed E-state index contributed by atoms with van der Waals surface area (Å²) in [6.45, 7) is 0. The van der Waals surface area contributed by atoms with Crippen molar-refractivity contribution in [3.8, 4) is 0 Å². The third kappa shape index (κ3) is 44.4. The first-order valence-electron chi connectivity index (χ1n) is 0.258. The van der Waals surface area contributed by atoms with Crippen molar-refractivity contribution in [1.29, 1.82) is 4.17 Å². The van der Waals surface area contributed by atoms with Gasteiger partial charge in [-0.15, -0.1) is 0 Å². The molecule has 3 nitrogen and oxygen atoms in total. The fraction of sp³-hybridized carbons (Fsp3) is 0. The predicted octanol–water partition coefficient (Wildman–Crippen LogP) is -2.41. The van der Waals surface area contributed by atoms with Crippen molar-refractivity contribution in [1.82, 2.24) is 12.3 Å². The molecule has 0 aromatic heterocycles. The molecule has 0 aromatic rings. The zero-order chi connectivity index (χ0) is 2.00. The molecule has 6 heavy (non-hydrogen) atoms. The first kappa shape index (κ1) is 47.9. The molecule has 0 unspecified atom stereocenters. The molecule has 0 atom stereocenters. The van der Waals surface area contributed by atoms with Gasteiger partial charge in [0.15, 0.2) is 0 Å². The summed E-state index contributed by atoms with van der Waals surface area (Å²) in [5.74, 6) is 0. The van der Waals surface area contributed by atoms with Crippen molar-refractivity contribution in [2.75, 3.05) is 0 Å². The van der Waals surface area contributed by atoms with E-state index in [2.05, 4.69) is 0 Å². The summed E-state index contributed by atoms with van der Waals surface area (Å²) in [5.41, 5.74) is 0. The maximum absolute atomic E-state index is 6.92. The van der Waals surface area contributed by atoms with Crippen LogP contribution in [0.3, 0.4) is 0 Å². The molecule has 0 aromatic carbocycles. The van der Waals surface area contributed by atoms with Gasteiger partial charge in [0, 0.05) is 0 Å². The van der Waals surface area contributed by atoms with Crippen LogP contribution in [0.2, 0.25) is 0 Å². The van der Waals surface area contributed by atoms with Gasteiger partial charge in [-0.1, -0.05) is 0 Å². The van der Waals surface area contributed by atoms with Crippen molar-refractivity contribution in [3.05, 3.63) is 0 Å². The SMILES string of the molecule is N.N.[GaH3].[InH3].[N]#[Al]. The Kier molecular flexibility index (Phi) is 614. The Labute approximate surface area is 77.3 Å². The molecule has 0 bridgehead atoms. The van der Waals surface area contributed by atoms with Gasteiger partial charge in [-0.25, -0.2) is 0 Å². The Morgan fingerprint density at radius 1 is 1.00 bits per heavy atom. The maximum atomic E-state index is 6.92. The van der Waals surface area contributed by atoms with E-state index in [-0.39, 0.29) is 57.9 Å². The molecule has 6 heteroatoms. The Morgan fingerprint density at radius 2 is 1.00 bits per heavy atom. The second kappa shape index (κ2) is 76.9. The molecule has 0 radical (unpaired) electrons. The van der Waals surface area contributed by atoms with Crippen molar-refractivity contribution in [3.63, 3.8) is 0 Å². The zero-order valence-corrected chi connectivity index (χ0v) is 3.59. The van der Waals surface area contributed by atoms with Gasteiger partial charge in [0.05, 0.1) is 0 Å². The summed E-state index contributed by atoms with van der Waals surface area (Å²) < 4.78 is 6.92. The van der Waals surface area contributed by atoms with E-state index in [4.69, 9.17) is 4.17 Å². The number of nitrogens with zero attached hydrogens (tertiary/aromatic N) is 1. The van der Waals surface area contributed by atoms with Gasteiger partial charge < -0.3 is 12.3 Å². The van der Waals surface area contributed by atoms with Crippen LogP contribution in [-0.2, 0) is 0 Å². The van der Waals surface area contributed by atoms with Crippen LogP contribution in [0, 0.1) is 4.17 Å². The van der Waals surface area contributed by atoms with E-state index in [1.807, 2.05) is 0 Å². The van der Waals surface area contributed by atoms with Gasteiger partial charge in [-0.2, -0.15) is 0 Å². The van der Waals surface area contributed by atoms with Crippen LogP contribution in [0.1, 0.15) is 0 Å². The van der Waals surface area contributed by atoms with E-state index >= 15 is 0 Å². The fourth-order valence-electron chi connectivity index (χ4n) is 0. The van der Waals surface area contributed by atoms with Crippen LogP contribution in [0.4, 0.5) is 0 Å². The van der Waals surface area contributed by atoms with Gasteiger partial charge in [0.1, 0.15) is 0 Å². The summed E-state index contributed by atoms with van der Waals surface area (Å²) in [4.78, 5) is 0. The molecule has 6 N–H and O–H groups in total. The molecule has 0 heterocycles. The van der Waals surface area contributed by atoms with Gasteiger partial charge in [0.25, 0.3) is 0 Å². The predicted molar refractivity (Wildman–Crippen MR) is 37.4 cm³/mol. The molecular formula is H12AlGaInN3. The average Bonchev–Trinajstić information content (AvgIpc) is 1.00. The second-order valence-corrected chi connectivity index (χ2v) is 0. The molecule has 0 rings (SSSR count). The Morgan fingerprint density at radius 3 is 1.00 bits per heavy atom. The quantitative estimate of drug-likeness (QED) is 0.478. The Bertz CT molecular complexity index is 15.5. The minimum atomic E-state index is 0. The summed E-state index contributed by atoms with van der Waals surface area (Å²) in [7, 11) is 0. The van der Waals surface area contributed by atoms with Crippen LogP contribution in [0.15, 0.2) is 0 Å². The topological polar surface area (TPSA) is 93.8 Å². The van der Waals surface area contributed by atoms with Crippen LogP contribution in [0.5, 0.6) is 0 Å². The average molecular weight is 266 g/mol. The van der Waals surface area contributed by atoms with E-state index < -0.39 is 0 Å². The normalized spacial score (nSPS) is 0.833. The van der Waals surface area contributed by atoms with Crippen LogP contribution >= 0.6 is 0 Å². The molecule has 0 aliphatic heterocycles. The van der Waals surface area contributed by atoms with Crippen molar-refractivity contribution in [2.45, 2.75) is 0 Å². The summed E-state index contributed by atoms with van der Waals surface area (Å²) in [6, 6.07) is 0. The molecule has 0 fully saturated rings.